The Morgan fingerprint density at radius 3 is 2.39 bits per heavy atom. The van der Waals surface area contributed by atoms with E-state index in [1.54, 1.807) is 46.9 Å². The number of benzene rings is 1. The van der Waals surface area contributed by atoms with E-state index in [2.05, 4.69) is 10.5 Å². The van der Waals surface area contributed by atoms with E-state index in [-0.39, 0.29) is 19.0 Å². The number of esters is 1. The van der Waals surface area contributed by atoms with Gasteiger partial charge in [0.05, 0.1) is 19.8 Å². The number of oxime groups is 1. The third-order valence-corrected chi connectivity index (χ3v) is 3.30. The lowest BCUT2D eigenvalue weighted by Gasteiger charge is -2.23. The van der Waals surface area contributed by atoms with Crippen LogP contribution in [0, 0.1) is 0 Å². The van der Waals surface area contributed by atoms with Gasteiger partial charge in [0.2, 0.25) is 6.61 Å². The predicted octanol–water partition coefficient (Wildman–Crippen LogP) is 1.98. The molecule has 0 aliphatic rings. The molecule has 0 fully saturated rings. The third kappa shape index (κ3) is 9.11. The topological polar surface area (TPSA) is 121 Å². The zero-order valence-electron chi connectivity index (χ0n) is 17.0. The molecule has 1 rings (SSSR count). The molecule has 0 unspecified atom stereocenters. The summed E-state index contributed by atoms with van der Waals surface area (Å²) in [4.78, 5) is 28.4. The Balaban J connectivity index is 2.85. The Bertz CT molecular complexity index is 667. The Morgan fingerprint density at radius 2 is 1.86 bits per heavy atom. The van der Waals surface area contributed by atoms with Crippen LogP contribution in [-0.2, 0) is 25.5 Å². The lowest BCUT2D eigenvalue weighted by atomic mass is 10.1. The molecule has 1 atom stereocenters. The minimum atomic E-state index is -0.703. The van der Waals surface area contributed by atoms with Gasteiger partial charge in [-0.15, -0.1) is 0 Å². The summed E-state index contributed by atoms with van der Waals surface area (Å²) in [6.07, 6.45) is -0.309. The van der Waals surface area contributed by atoms with Crippen LogP contribution in [0.15, 0.2) is 29.4 Å². The third-order valence-electron chi connectivity index (χ3n) is 3.30. The molecular weight excluding hydrogens is 366 g/mol. The standard InChI is InChI=1S/C19H29N3O6/c1-6-26-16(23)12-27-22-17(20)15(21-18(24)28-19(2,3)4)11-13-7-9-14(25-5)10-8-13/h7-10,15H,6,11-12H2,1-5H3,(H2,20,22)(H,21,24)/t15-/m0/s1. The SMILES string of the molecule is CCOC(=O)CO/N=C(\N)[C@H](Cc1ccc(OC)cc1)NC(=O)OC(C)(C)C. The molecule has 28 heavy (non-hydrogen) atoms. The predicted molar refractivity (Wildman–Crippen MR) is 104 cm³/mol. The Hall–Kier alpha value is -2.97. The molecule has 1 amide bonds. The van der Waals surface area contributed by atoms with E-state index in [4.69, 9.17) is 24.8 Å². The molecule has 3 N–H and O–H groups in total. The maximum atomic E-state index is 12.2. The van der Waals surface area contributed by atoms with E-state index in [0.717, 1.165) is 5.56 Å². The first-order valence-corrected chi connectivity index (χ1v) is 8.88. The van der Waals surface area contributed by atoms with Gasteiger partial charge in [-0.1, -0.05) is 17.3 Å². The lowest BCUT2D eigenvalue weighted by molar-refractivity contribution is -0.148. The van der Waals surface area contributed by atoms with Crippen molar-refractivity contribution >= 4 is 17.9 Å². The number of amides is 1. The van der Waals surface area contributed by atoms with Crippen LogP contribution in [0.5, 0.6) is 5.75 Å². The number of nitrogens with two attached hydrogens (primary N) is 1. The average molecular weight is 395 g/mol. The maximum Gasteiger partial charge on any atom is 0.408 e. The summed E-state index contributed by atoms with van der Waals surface area (Å²) < 4.78 is 15.2. The van der Waals surface area contributed by atoms with Crippen LogP contribution in [0.25, 0.3) is 0 Å². The van der Waals surface area contributed by atoms with Crippen molar-refractivity contribution in [1.82, 2.24) is 5.32 Å². The first kappa shape index (κ1) is 23.1. The molecule has 0 radical (unpaired) electrons. The Labute approximate surface area is 165 Å². The second kappa shape index (κ2) is 11.0. The van der Waals surface area contributed by atoms with E-state index in [0.29, 0.717) is 12.2 Å². The van der Waals surface area contributed by atoms with Gasteiger partial charge in [-0.25, -0.2) is 9.59 Å². The number of carbonyl (C=O) groups is 2. The highest BCUT2D eigenvalue weighted by Gasteiger charge is 2.22. The molecule has 0 heterocycles. The zero-order valence-corrected chi connectivity index (χ0v) is 17.0. The average Bonchev–Trinajstić information content (AvgIpc) is 2.60. The zero-order chi connectivity index (χ0) is 21.2. The van der Waals surface area contributed by atoms with Gasteiger partial charge in [0.15, 0.2) is 5.84 Å². The van der Waals surface area contributed by atoms with Crippen LogP contribution in [0.1, 0.15) is 33.3 Å². The van der Waals surface area contributed by atoms with Gasteiger partial charge in [0.1, 0.15) is 11.4 Å². The molecule has 9 nitrogen and oxygen atoms in total. The second-order valence-corrected chi connectivity index (χ2v) is 6.85. The number of ether oxygens (including phenoxy) is 3. The van der Waals surface area contributed by atoms with E-state index >= 15 is 0 Å². The highest BCUT2D eigenvalue weighted by Crippen LogP contribution is 2.13. The summed E-state index contributed by atoms with van der Waals surface area (Å²) in [6.45, 7) is 6.81. The normalized spacial score (nSPS) is 12.7. The molecular formula is C19H29N3O6. The van der Waals surface area contributed by atoms with Crippen LogP contribution in [0.2, 0.25) is 0 Å². The smallest absolute Gasteiger partial charge is 0.408 e. The number of hydrogen-bond acceptors (Lipinski definition) is 7. The summed E-state index contributed by atoms with van der Waals surface area (Å²) in [5.74, 6) is 0.136. The van der Waals surface area contributed by atoms with E-state index in [9.17, 15) is 9.59 Å². The molecule has 0 aliphatic heterocycles. The maximum absolute atomic E-state index is 12.2. The fourth-order valence-electron chi connectivity index (χ4n) is 2.10. The summed E-state index contributed by atoms with van der Waals surface area (Å²) in [5.41, 5.74) is 6.19. The van der Waals surface area contributed by atoms with E-state index in [1.807, 2.05) is 12.1 Å². The highest BCUT2D eigenvalue weighted by atomic mass is 16.7. The first-order valence-electron chi connectivity index (χ1n) is 8.88. The number of nitrogens with zero attached hydrogens (tertiary/aromatic N) is 1. The molecule has 0 saturated carbocycles. The van der Waals surface area contributed by atoms with Gasteiger partial charge >= 0.3 is 12.1 Å². The quantitative estimate of drug-likeness (QED) is 0.284. The number of nitrogens with one attached hydrogen (secondary N) is 1. The van der Waals surface area contributed by atoms with Crippen molar-refractivity contribution < 1.29 is 28.6 Å². The second-order valence-electron chi connectivity index (χ2n) is 6.85. The number of amidine groups is 1. The summed E-state index contributed by atoms with van der Waals surface area (Å²) >= 11 is 0. The Kier molecular flexibility index (Phi) is 9.07. The molecule has 0 saturated heterocycles. The fourth-order valence-corrected chi connectivity index (χ4v) is 2.10. The molecule has 9 heteroatoms. The summed E-state index contributed by atoms with van der Waals surface area (Å²) in [5, 5.41) is 6.39. The molecule has 0 spiro atoms. The van der Waals surface area contributed by atoms with Crippen LogP contribution >= 0.6 is 0 Å². The van der Waals surface area contributed by atoms with E-state index in [1.165, 1.54) is 0 Å². The van der Waals surface area contributed by atoms with Gasteiger partial charge in [0.25, 0.3) is 0 Å². The molecule has 1 aromatic carbocycles. The molecule has 0 aromatic heterocycles. The van der Waals surface area contributed by atoms with Crippen molar-refractivity contribution in [1.29, 1.82) is 0 Å². The van der Waals surface area contributed by atoms with Gasteiger partial charge in [-0.05, 0) is 45.4 Å². The number of carbonyl (C=O) groups excluding carboxylic acids is 2. The van der Waals surface area contributed by atoms with Crippen LogP contribution in [-0.4, -0.2) is 49.9 Å². The molecule has 1 aromatic rings. The monoisotopic (exact) mass is 395 g/mol. The van der Waals surface area contributed by atoms with Crippen molar-refractivity contribution in [2.24, 2.45) is 10.9 Å². The van der Waals surface area contributed by atoms with Crippen molar-refractivity contribution in [3.63, 3.8) is 0 Å². The highest BCUT2D eigenvalue weighted by molar-refractivity contribution is 5.88. The van der Waals surface area contributed by atoms with Gasteiger partial charge < -0.3 is 30.1 Å². The minimum Gasteiger partial charge on any atom is -0.497 e. The van der Waals surface area contributed by atoms with Crippen LogP contribution in [0.3, 0.4) is 0 Å². The number of rotatable bonds is 9. The van der Waals surface area contributed by atoms with Crippen LogP contribution < -0.4 is 15.8 Å². The van der Waals surface area contributed by atoms with Crippen molar-refractivity contribution in [3.05, 3.63) is 29.8 Å². The molecule has 0 aliphatic carbocycles. The van der Waals surface area contributed by atoms with Crippen LogP contribution in [0.4, 0.5) is 4.79 Å². The molecule has 156 valence electrons. The van der Waals surface area contributed by atoms with Gasteiger partial charge in [-0.2, -0.15) is 0 Å². The van der Waals surface area contributed by atoms with Crippen molar-refractivity contribution in [3.8, 4) is 5.75 Å². The summed E-state index contributed by atoms with van der Waals surface area (Å²) in [6, 6.07) is 6.57. The number of alkyl carbamates (subject to hydrolysis) is 1. The van der Waals surface area contributed by atoms with Gasteiger partial charge in [0, 0.05) is 6.42 Å². The largest absolute Gasteiger partial charge is 0.497 e. The minimum absolute atomic E-state index is 0.00836. The fraction of sp³-hybridized carbons (Fsp3) is 0.526. The summed E-state index contributed by atoms with van der Waals surface area (Å²) in [7, 11) is 1.58. The van der Waals surface area contributed by atoms with Crippen molar-refractivity contribution in [2.75, 3.05) is 20.3 Å². The molecule has 0 bridgehead atoms. The number of hydrogen-bond donors (Lipinski definition) is 2. The van der Waals surface area contributed by atoms with Gasteiger partial charge in [-0.3, -0.25) is 0 Å². The van der Waals surface area contributed by atoms with Crippen molar-refractivity contribution in [2.45, 2.75) is 45.8 Å². The lowest BCUT2D eigenvalue weighted by Crippen LogP contribution is -2.47. The number of methoxy groups -OCH3 is 1. The van der Waals surface area contributed by atoms with E-state index < -0.39 is 23.7 Å². The Morgan fingerprint density at radius 1 is 1.21 bits per heavy atom. The first-order chi connectivity index (χ1) is 13.1.